The van der Waals surface area contributed by atoms with Gasteiger partial charge in [0.2, 0.25) is 0 Å². The van der Waals surface area contributed by atoms with E-state index in [-0.39, 0.29) is 5.25 Å². The second kappa shape index (κ2) is 8.66. The van der Waals surface area contributed by atoms with Crippen molar-refractivity contribution in [3.8, 4) is 0 Å². The molecule has 2 rings (SSSR count). The molecule has 1 N–H and O–H groups in total. The molecule has 2 atom stereocenters. The molecule has 21 heavy (non-hydrogen) atoms. The normalized spacial score (nSPS) is 20.3. The largest absolute Gasteiger partial charge is 0.313 e. The second-order valence-electron chi connectivity index (χ2n) is 6.07. The van der Waals surface area contributed by atoms with Crippen molar-refractivity contribution in [2.45, 2.75) is 37.5 Å². The van der Waals surface area contributed by atoms with Gasteiger partial charge in [0.15, 0.2) is 0 Å². The number of piperidine rings is 1. The van der Waals surface area contributed by atoms with Crippen LogP contribution in [0.5, 0.6) is 0 Å². The number of nitrogens with one attached hydrogen (secondary N) is 1. The van der Waals surface area contributed by atoms with Gasteiger partial charge in [-0.15, -0.1) is 0 Å². The van der Waals surface area contributed by atoms with Crippen LogP contribution >= 0.6 is 0 Å². The van der Waals surface area contributed by atoms with Crippen molar-refractivity contribution in [3.63, 3.8) is 0 Å². The molecule has 3 nitrogen and oxygen atoms in total. The Kier molecular flexibility index (Phi) is 6.87. The summed E-state index contributed by atoms with van der Waals surface area (Å²) in [6.45, 7) is 6.43. The minimum atomic E-state index is -0.719. The second-order valence-corrected chi connectivity index (χ2v) is 7.87. The quantitative estimate of drug-likeness (QED) is 0.837. The van der Waals surface area contributed by atoms with Crippen LogP contribution in [0.25, 0.3) is 0 Å². The van der Waals surface area contributed by atoms with Crippen molar-refractivity contribution < 1.29 is 4.21 Å². The highest BCUT2D eigenvalue weighted by Gasteiger charge is 2.19. The molecule has 0 aliphatic carbocycles. The third-order valence-electron chi connectivity index (χ3n) is 4.41. The lowest BCUT2D eigenvalue weighted by Gasteiger charge is -2.33. The van der Waals surface area contributed by atoms with Crippen LogP contribution in [0.15, 0.2) is 30.3 Å². The van der Waals surface area contributed by atoms with E-state index >= 15 is 0 Å². The Morgan fingerprint density at radius 2 is 1.95 bits per heavy atom. The first-order valence-electron chi connectivity index (χ1n) is 7.97. The molecular formula is C17H28N2OS. The van der Waals surface area contributed by atoms with Crippen molar-refractivity contribution in [3.05, 3.63) is 35.9 Å². The average Bonchev–Trinajstić information content (AvgIpc) is 2.52. The molecule has 0 saturated carbocycles. The summed E-state index contributed by atoms with van der Waals surface area (Å²) in [6, 6.07) is 11.3. The van der Waals surface area contributed by atoms with Crippen LogP contribution in [0, 0.1) is 0 Å². The standard InChI is InChI=1S/C17H28N2OS/c1-15(21(2)20)14-18-17-9-12-19(13-10-17)11-8-16-6-4-3-5-7-16/h3-7,15,17-18H,8-14H2,1-2H3. The summed E-state index contributed by atoms with van der Waals surface area (Å²) < 4.78 is 11.4. The molecule has 0 radical (unpaired) electrons. The summed E-state index contributed by atoms with van der Waals surface area (Å²) in [4.78, 5) is 2.56. The highest BCUT2D eigenvalue weighted by Crippen LogP contribution is 2.11. The van der Waals surface area contributed by atoms with Crippen LogP contribution in [0.2, 0.25) is 0 Å². The van der Waals surface area contributed by atoms with E-state index in [1.54, 1.807) is 6.26 Å². The number of hydrogen-bond acceptors (Lipinski definition) is 3. The number of hydrogen-bond donors (Lipinski definition) is 1. The Balaban J connectivity index is 1.63. The van der Waals surface area contributed by atoms with E-state index in [0.29, 0.717) is 6.04 Å². The molecule has 1 aliphatic rings. The highest BCUT2D eigenvalue weighted by atomic mass is 32.2. The van der Waals surface area contributed by atoms with E-state index in [0.717, 1.165) is 19.5 Å². The molecule has 1 aromatic rings. The third kappa shape index (κ3) is 5.89. The lowest BCUT2D eigenvalue weighted by atomic mass is 10.0. The molecule has 1 heterocycles. The fourth-order valence-electron chi connectivity index (χ4n) is 2.74. The lowest BCUT2D eigenvalue weighted by molar-refractivity contribution is 0.200. The molecule has 118 valence electrons. The van der Waals surface area contributed by atoms with Gasteiger partial charge in [-0.25, -0.2) is 0 Å². The lowest BCUT2D eigenvalue weighted by Crippen LogP contribution is -2.45. The SMILES string of the molecule is CC(CNC1CCN(CCc2ccccc2)CC1)S(C)=O. The molecule has 0 amide bonds. The summed E-state index contributed by atoms with van der Waals surface area (Å²) in [7, 11) is -0.719. The molecule has 4 heteroatoms. The summed E-state index contributed by atoms with van der Waals surface area (Å²) in [5.74, 6) is 0. The zero-order valence-electron chi connectivity index (χ0n) is 13.3. The van der Waals surface area contributed by atoms with E-state index < -0.39 is 10.8 Å². The Morgan fingerprint density at radius 1 is 1.29 bits per heavy atom. The van der Waals surface area contributed by atoms with Crippen LogP contribution in [0.1, 0.15) is 25.3 Å². The predicted octanol–water partition coefficient (Wildman–Crippen LogP) is 2.05. The summed E-state index contributed by atoms with van der Waals surface area (Å²) >= 11 is 0. The molecule has 0 spiro atoms. The Bertz CT molecular complexity index is 430. The first-order valence-corrected chi connectivity index (χ1v) is 9.59. The van der Waals surface area contributed by atoms with Crippen molar-refractivity contribution in [1.82, 2.24) is 10.2 Å². The van der Waals surface area contributed by atoms with Gasteiger partial charge in [0.25, 0.3) is 0 Å². The summed E-state index contributed by atoms with van der Waals surface area (Å²) in [5.41, 5.74) is 1.43. The van der Waals surface area contributed by atoms with Crippen molar-refractivity contribution >= 4 is 10.8 Å². The fraction of sp³-hybridized carbons (Fsp3) is 0.647. The maximum Gasteiger partial charge on any atom is 0.0441 e. The first-order chi connectivity index (χ1) is 10.1. The average molecular weight is 308 g/mol. The topological polar surface area (TPSA) is 32.3 Å². The van der Waals surface area contributed by atoms with Gasteiger partial charge >= 0.3 is 0 Å². The van der Waals surface area contributed by atoms with Gasteiger partial charge in [-0.05, 0) is 44.8 Å². The minimum Gasteiger partial charge on any atom is -0.313 e. The van der Waals surface area contributed by atoms with E-state index in [1.165, 1.54) is 31.5 Å². The van der Waals surface area contributed by atoms with Crippen LogP contribution in [0.4, 0.5) is 0 Å². The van der Waals surface area contributed by atoms with Crippen LogP contribution in [-0.2, 0) is 17.2 Å². The van der Waals surface area contributed by atoms with E-state index in [2.05, 4.69) is 47.5 Å². The number of nitrogens with zero attached hydrogens (tertiary/aromatic N) is 1. The maximum absolute atomic E-state index is 11.4. The Morgan fingerprint density at radius 3 is 2.57 bits per heavy atom. The fourth-order valence-corrected chi connectivity index (χ4v) is 3.07. The van der Waals surface area contributed by atoms with Crippen molar-refractivity contribution in [2.75, 3.05) is 32.4 Å². The smallest absolute Gasteiger partial charge is 0.0441 e. The summed E-state index contributed by atoms with van der Waals surface area (Å²) in [5, 5.41) is 3.83. The van der Waals surface area contributed by atoms with Gasteiger partial charge in [-0.2, -0.15) is 0 Å². The molecule has 0 aromatic heterocycles. The van der Waals surface area contributed by atoms with Crippen molar-refractivity contribution in [2.24, 2.45) is 0 Å². The predicted molar refractivity (Wildman–Crippen MR) is 91.1 cm³/mol. The third-order valence-corrected chi connectivity index (χ3v) is 5.71. The molecule has 1 aliphatic heterocycles. The van der Waals surface area contributed by atoms with Gasteiger partial charge in [0, 0.05) is 41.4 Å². The molecule has 1 fully saturated rings. The Hall–Kier alpha value is -0.710. The highest BCUT2D eigenvalue weighted by molar-refractivity contribution is 7.84. The van der Waals surface area contributed by atoms with Gasteiger partial charge in [-0.1, -0.05) is 30.3 Å². The minimum absolute atomic E-state index is 0.251. The van der Waals surface area contributed by atoms with Gasteiger partial charge < -0.3 is 10.2 Å². The van der Waals surface area contributed by atoms with Crippen molar-refractivity contribution in [1.29, 1.82) is 0 Å². The maximum atomic E-state index is 11.4. The molecule has 0 bridgehead atoms. The monoisotopic (exact) mass is 308 g/mol. The zero-order valence-corrected chi connectivity index (χ0v) is 14.1. The number of benzene rings is 1. The molecule has 1 saturated heterocycles. The van der Waals surface area contributed by atoms with Gasteiger partial charge in [-0.3, -0.25) is 4.21 Å². The van der Waals surface area contributed by atoms with E-state index in [9.17, 15) is 4.21 Å². The molecule has 2 unspecified atom stereocenters. The summed E-state index contributed by atoms with van der Waals surface area (Å²) in [6.07, 6.45) is 5.35. The van der Waals surface area contributed by atoms with Crippen LogP contribution in [-0.4, -0.2) is 52.8 Å². The zero-order chi connectivity index (χ0) is 15.1. The van der Waals surface area contributed by atoms with Crippen LogP contribution in [0.3, 0.4) is 0 Å². The van der Waals surface area contributed by atoms with E-state index in [4.69, 9.17) is 0 Å². The molecule has 1 aromatic carbocycles. The molecular weight excluding hydrogens is 280 g/mol. The Labute approximate surface area is 131 Å². The first kappa shape index (κ1) is 16.7. The number of rotatable bonds is 7. The van der Waals surface area contributed by atoms with E-state index in [1.807, 2.05) is 0 Å². The van der Waals surface area contributed by atoms with Gasteiger partial charge in [0.05, 0.1) is 0 Å². The number of likely N-dealkylation sites (tertiary alicyclic amines) is 1. The van der Waals surface area contributed by atoms with Gasteiger partial charge in [0.1, 0.15) is 0 Å². The van der Waals surface area contributed by atoms with Crippen LogP contribution < -0.4 is 5.32 Å².